The zero-order chi connectivity index (χ0) is 9.99. The van der Waals surface area contributed by atoms with Gasteiger partial charge < -0.3 is 5.32 Å². The van der Waals surface area contributed by atoms with Crippen molar-refractivity contribution < 1.29 is 0 Å². The maximum absolute atomic E-state index is 4.07. The Morgan fingerprint density at radius 1 is 1.08 bits per heavy atom. The molecule has 0 aromatic rings. The molecule has 0 unspecified atom stereocenters. The van der Waals surface area contributed by atoms with Crippen LogP contribution in [0.1, 0.15) is 41.5 Å². The number of rotatable bonds is 2. The Bertz CT molecular complexity index is 155. The molecule has 0 heterocycles. The van der Waals surface area contributed by atoms with Crippen LogP contribution in [0.2, 0.25) is 0 Å². The van der Waals surface area contributed by atoms with Crippen LogP contribution < -0.4 is 5.32 Å². The maximum atomic E-state index is 4.07. The molecule has 12 heavy (non-hydrogen) atoms. The topological polar surface area (TPSA) is 12.0 Å². The molecule has 0 fully saturated rings. The lowest BCUT2D eigenvalue weighted by molar-refractivity contribution is 0.409. The summed E-state index contributed by atoms with van der Waals surface area (Å²) in [5.74, 6) is 0. The lowest BCUT2D eigenvalue weighted by atomic mass is 9.87. The summed E-state index contributed by atoms with van der Waals surface area (Å²) in [4.78, 5) is 0. The van der Waals surface area contributed by atoms with Gasteiger partial charge in [0.25, 0.3) is 0 Å². The minimum atomic E-state index is 0.189. The van der Waals surface area contributed by atoms with Crippen molar-refractivity contribution in [1.82, 2.24) is 5.32 Å². The molecule has 0 saturated heterocycles. The van der Waals surface area contributed by atoms with E-state index in [-0.39, 0.29) is 11.0 Å². The SMILES string of the molecule is C=C(CNC(C)(C)C)C(C)(C)C. The fourth-order valence-electron chi connectivity index (χ4n) is 0.637. The molecule has 0 aromatic heterocycles. The fourth-order valence-corrected chi connectivity index (χ4v) is 0.637. The molecule has 1 heteroatoms. The van der Waals surface area contributed by atoms with Crippen LogP contribution in [0.3, 0.4) is 0 Å². The Kier molecular flexibility index (Phi) is 3.52. The smallest absolute Gasteiger partial charge is 0.0172 e. The molecule has 0 aliphatic carbocycles. The molecule has 0 rings (SSSR count). The molecule has 72 valence electrons. The largest absolute Gasteiger partial charge is 0.308 e. The highest BCUT2D eigenvalue weighted by Crippen LogP contribution is 2.22. The summed E-state index contributed by atoms with van der Waals surface area (Å²) in [6.45, 7) is 18.1. The second-order valence-corrected chi connectivity index (χ2v) is 5.46. The Morgan fingerprint density at radius 2 is 1.50 bits per heavy atom. The zero-order valence-corrected chi connectivity index (χ0v) is 9.41. The van der Waals surface area contributed by atoms with Gasteiger partial charge in [0.15, 0.2) is 0 Å². The normalized spacial score (nSPS) is 13.2. The van der Waals surface area contributed by atoms with Crippen LogP contribution in [0, 0.1) is 5.41 Å². The van der Waals surface area contributed by atoms with E-state index in [2.05, 4.69) is 53.4 Å². The van der Waals surface area contributed by atoms with Crippen molar-refractivity contribution in [2.75, 3.05) is 6.54 Å². The van der Waals surface area contributed by atoms with E-state index in [4.69, 9.17) is 0 Å². The maximum Gasteiger partial charge on any atom is 0.0172 e. The molecule has 0 spiro atoms. The van der Waals surface area contributed by atoms with Gasteiger partial charge in [-0.05, 0) is 26.2 Å². The third-order valence-electron chi connectivity index (χ3n) is 1.89. The van der Waals surface area contributed by atoms with E-state index in [1.807, 2.05) is 0 Å². The monoisotopic (exact) mass is 169 g/mol. The average Bonchev–Trinajstić information content (AvgIpc) is 1.78. The summed E-state index contributed by atoms with van der Waals surface area (Å²) in [6.07, 6.45) is 0. The van der Waals surface area contributed by atoms with Crippen molar-refractivity contribution in [1.29, 1.82) is 0 Å². The molecule has 0 saturated carbocycles. The van der Waals surface area contributed by atoms with E-state index < -0.39 is 0 Å². The first-order chi connectivity index (χ1) is 5.13. The van der Waals surface area contributed by atoms with Gasteiger partial charge in [0.2, 0.25) is 0 Å². The number of hydrogen-bond acceptors (Lipinski definition) is 1. The highest BCUT2D eigenvalue weighted by Gasteiger charge is 2.16. The third-order valence-corrected chi connectivity index (χ3v) is 1.89. The van der Waals surface area contributed by atoms with Crippen molar-refractivity contribution in [3.63, 3.8) is 0 Å². The van der Waals surface area contributed by atoms with Gasteiger partial charge in [-0.25, -0.2) is 0 Å². The lowest BCUT2D eigenvalue weighted by Gasteiger charge is -2.27. The summed E-state index contributed by atoms with van der Waals surface area (Å²) in [5.41, 5.74) is 1.67. The van der Waals surface area contributed by atoms with Crippen molar-refractivity contribution in [2.45, 2.75) is 47.1 Å². The van der Waals surface area contributed by atoms with Gasteiger partial charge in [-0.15, -0.1) is 0 Å². The molecule has 0 aromatic carbocycles. The standard InChI is InChI=1S/C11H23N/c1-9(10(2,3)4)8-12-11(5,6)7/h12H,1,8H2,2-7H3. The van der Waals surface area contributed by atoms with Crippen molar-refractivity contribution in [3.05, 3.63) is 12.2 Å². The molecule has 1 nitrogen and oxygen atoms in total. The summed E-state index contributed by atoms with van der Waals surface area (Å²) in [5, 5.41) is 3.43. The molecular weight excluding hydrogens is 146 g/mol. The lowest BCUT2D eigenvalue weighted by Crippen LogP contribution is -2.38. The molecule has 0 amide bonds. The summed E-state index contributed by atoms with van der Waals surface area (Å²) in [6, 6.07) is 0. The molecule has 1 N–H and O–H groups in total. The van der Waals surface area contributed by atoms with Gasteiger partial charge in [-0.3, -0.25) is 0 Å². The highest BCUT2D eigenvalue weighted by atomic mass is 14.9. The fraction of sp³-hybridized carbons (Fsp3) is 0.818. The predicted octanol–water partition coefficient (Wildman–Crippen LogP) is 2.98. The van der Waals surface area contributed by atoms with Crippen molar-refractivity contribution in [2.24, 2.45) is 5.41 Å². The Morgan fingerprint density at radius 3 is 1.75 bits per heavy atom. The molecular formula is C11H23N. The van der Waals surface area contributed by atoms with Crippen LogP contribution in [-0.4, -0.2) is 12.1 Å². The molecule has 0 bridgehead atoms. The van der Waals surface area contributed by atoms with Gasteiger partial charge in [0.1, 0.15) is 0 Å². The quantitative estimate of drug-likeness (QED) is 0.627. The summed E-state index contributed by atoms with van der Waals surface area (Å²) >= 11 is 0. The van der Waals surface area contributed by atoms with Crippen LogP contribution in [0.25, 0.3) is 0 Å². The van der Waals surface area contributed by atoms with Crippen LogP contribution in [0.4, 0.5) is 0 Å². The Balaban J connectivity index is 3.90. The van der Waals surface area contributed by atoms with Crippen molar-refractivity contribution in [3.8, 4) is 0 Å². The van der Waals surface area contributed by atoms with Crippen LogP contribution >= 0.6 is 0 Å². The minimum absolute atomic E-state index is 0.189. The third kappa shape index (κ3) is 5.36. The highest BCUT2D eigenvalue weighted by molar-refractivity contribution is 5.07. The first kappa shape index (κ1) is 11.7. The van der Waals surface area contributed by atoms with Gasteiger partial charge in [0.05, 0.1) is 0 Å². The summed E-state index contributed by atoms with van der Waals surface area (Å²) in [7, 11) is 0. The van der Waals surface area contributed by atoms with Gasteiger partial charge >= 0.3 is 0 Å². The Labute approximate surface area is 77.2 Å². The minimum Gasteiger partial charge on any atom is -0.308 e. The van der Waals surface area contributed by atoms with Gasteiger partial charge in [-0.1, -0.05) is 32.9 Å². The van der Waals surface area contributed by atoms with Crippen molar-refractivity contribution >= 4 is 0 Å². The molecule has 0 aliphatic heterocycles. The first-order valence-corrected chi connectivity index (χ1v) is 4.56. The van der Waals surface area contributed by atoms with E-state index in [0.29, 0.717) is 0 Å². The molecule has 0 aliphatic rings. The van der Waals surface area contributed by atoms with Gasteiger partial charge in [0, 0.05) is 12.1 Å². The van der Waals surface area contributed by atoms with Crippen LogP contribution in [-0.2, 0) is 0 Å². The van der Waals surface area contributed by atoms with E-state index in [0.717, 1.165) is 6.54 Å². The van der Waals surface area contributed by atoms with Crippen LogP contribution in [0.15, 0.2) is 12.2 Å². The van der Waals surface area contributed by atoms with Crippen LogP contribution in [0.5, 0.6) is 0 Å². The van der Waals surface area contributed by atoms with E-state index >= 15 is 0 Å². The average molecular weight is 169 g/mol. The van der Waals surface area contributed by atoms with E-state index in [1.165, 1.54) is 5.57 Å². The van der Waals surface area contributed by atoms with E-state index in [1.54, 1.807) is 0 Å². The molecule has 0 atom stereocenters. The number of hydrogen-bond donors (Lipinski definition) is 1. The molecule has 0 radical (unpaired) electrons. The first-order valence-electron chi connectivity index (χ1n) is 4.56. The van der Waals surface area contributed by atoms with Gasteiger partial charge in [-0.2, -0.15) is 0 Å². The van der Waals surface area contributed by atoms with E-state index in [9.17, 15) is 0 Å². The zero-order valence-electron chi connectivity index (χ0n) is 9.41. The second-order valence-electron chi connectivity index (χ2n) is 5.46. The second kappa shape index (κ2) is 3.61. The number of nitrogens with one attached hydrogen (secondary N) is 1. The summed E-state index contributed by atoms with van der Waals surface area (Å²) < 4.78 is 0. The Hall–Kier alpha value is -0.300. The predicted molar refractivity (Wildman–Crippen MR) is 56.4 cm³/mol.